The predicted octanol–water partition coefficient (Wildman–Crippen LogP) is 7.44. The van der Waals surface area contributed by atoms with Crippen LogP contribution in [0.4, 0.5) is 22.0 Å². The van der Waals surface area contributed by atoms with Crippen molar-refractivity contribution in [1.82, 2.24) is 0 Å². The largest absolute Gasteiger partial charge is 0.487 e. The van der Waals surface area contributed by atoms with Gasteiger partial charge in [-0.2, -0.15) is 13.2 Å². The second-order valence-corrected chi connectivity index (χ2v) is 8.97. The van der Waals surface area contributed by atoms with Crippen LogP contribution in [0.2, 0.25) is 0 Å². The lowest BCUT2D eigenvalue weighted by Crippen LogP contribution is -2.14. The van der Waals surface area contributed by atoms with Crippen LogP contribution in [0, 0.1) is 11.6 Å². The van der Waals surface area contributed by atoms with Gasteiger partial charge in [-0.15, -0.1) is 11.8 Å². The Morgan fingerprint density at radius 1 is 0.972 bits per heavy atom. The van der Waals surface area contributed by atoms with Crippen molar-refractivity contribution in [3.8, 4) is 17.2 Å². The van der Waals surface area contributed by atoms with Gasteiger partial charge >= 0.3 is 12.1 Å². The van der Waals surface area contributed by atoms with Crippen molar-refractivity contribution < 1.29 is 41.0 Å². The third kappa shape index (κ3) is 7.87. The third-order valence-electron chi connectivity index (χ3n) is 4.98. The first-order valence-electron chi connectivity index (χ1n) is 10.8. The van der Waals surface area contributed by atoms with Crippen molar-refractivity contribution >= 4 is 17.7 Å². The summed E-state index contributed by atoms with van der Waals surface area (Å²) in [5, 5.41) is 0. The molecule has 4 nitrogen and oxygen atoms in total. The van der Waals surface area contributed by atoms with Crippen LogP contribution in [0.25, 0.3) is 0 Å². The summed E-state index contributed by atoms with van der Waals surface area (Å²) < 4.78 is 82.8. The Labute approximate surface area is 209 Å². The molecule has 36 heavy (non-hydrogen) atoms. The lowest BCUT2D eigenvalue weighted by molar-refractivity contribution is -0.140. The molecule has 1 atom stereocenters. The number of hydrogen-bond donors (Lipinski definition) is 0. The number of carbonyl (C=O) groups excluding carboxylic acids is 1. The van der Waals surface area contributed by atoms with Crippen LogP contribution in [0.15, 0.2) is 65.6 Å². The standard InChI is InChI=1S/C26H23F5O4S/c1-16(10-11-36-20-5-3-4-17(12-20)13-25(32)33-2)34-23-8-6-18(26(29,30)31)14-24(23)35-22-9-7-19(27)15-21(22)28/h3-9,12,14-16H,10-11,13H2,1-2H3/t16-/m0/s1. The van der Waals surface area contributed by atoms with Crippen LogP contribution in [0.5, 0.6) is 17.2 Å². The molecule has 3 rings (SSSR count). The molecule has 3 aromatic rings. The molecule has 0 radical (unpaired) electrons. The van der Waals surface area contributed by atoms with Gasteiger partial charge in [0.25, 0.3) is 0 Å². The fourth-order valence-corrected chi connectivity index (χ4v) is 4.24. The second kappa shape index (κ2) is 12.1. The molecule has 0 N–H and O–H groups in total. The van der Waals surface area contributed by atoms with Gasteiger partial charge in [-0.1, -0.05) is 12.1 Å². The van der Waals surface area contributed by atoms with Crippen molar-refractivity contribution in [1.29, 1.82) is 0 Å². The number of ether oxygens (including phenoxy) is 3. The third-order valence-corrected chi connectivity index (χ3v) is 6.01. The van der Waals surface area contributed by atoms with Gasteiger partial charge < -0.3 is 14.2 Å². The predicted molar refractivity (Wildman–Crippen MR) is 125 cm³/mol. The van der Waals surface area contributed by atoms with Gasteiger partial charge in [0.1, 0.15) is 5.82 Å². The van der Waals surface area contributed by atoms with Gasteiger partial charge in [0, 0.05) is 16.7 Å². The Morgan fingerprint density at radius 2 is 1.72 bits per heavy atom. The molecule has 0 unspecified atom stereocenters. The summed E-state index contributed by atoms with van der Waals surface area (Å²) in [6.07, 6.45) is -4.39. The monoisotopic (exact) mass is 526 g/mol. The summed E-state index contributed by atoms with van der Waals surface area (Å²) in [7, 11) is 1.33. The number of hydrogen-bond acceptors (Lipinski definition) is 5. The average molecular weight is 527 g/mol. The van der Waals surface area contributed by atoms with E-state index in [0.717, 1.165) is 34.7 Å². The van der Waals surface area contributed by atoms with Crippen molar-refractivity contribution in [2.75, 3.05) is 12.9 Å². The van der Waals surface area contributed by atoms with Crippen LogP contribution in [0.3, 0.4) is 0 Å². The number of thioether (sulfide) groups is 1. The Balaban J connectivity index is 1.68. The molecular weight excluding hydrogens is 503 g/mol. The summed E-state index contributed by atoms with van der Waals surface area (Å²) in [4.78, 5) is 12.4. The van der Waals surface area contributed by atoms with E-state index < -0.39 is 35.2 Å². The lowest BCUT2D eigenvalue weighted by atomic mass is 10.1. The van der Waals surface area contributed by atoms with Crippen LogP contribution < -0.4 is 9.47 Å². The lowest BCUT2D eigenvalue weighted by Gasteiger charge is -2.19. The van der Waals surface area contributed by atoms with Crippen LogP contribution in [-0.4, -0.2) is 24.9 Å². The average Bonchev–Trinajstić information content (AvgIpc) is 2.81. The highest BCUT2D eigenvalue weighted by atomic mass is 32.2. The quantitative estimate of drug-likeness (QED) is 0.156. The van der Waals surface area contributed by atoms with Crippen molar-refractivity contribution in [3.63, 3.8) is 0 Å². The molecule has 0 bridgehead atoms. The molecule has 0 aliphatic heterocycles. The van der Waals surface area contributed by atoms with Gasteiger partial charge in [0.2, 0.25) is 0 Å². The van der Waals surface area contributed by atoms with E-state index in [9.17, 15) is 26.7 Å². The van der Waals surface area contributed by atoms with Crippen LogP contribution in [0.1, 0.15) is 24.5 Å². The minimum atomic E-state index is -4.65. The van der Waals surface area contributed by atoms with E-state index in [-0.39, 0.29) is 23.9 Å². The maximum absolute atomic E-state index is 14.1. The highest BCUT2D eigenvalue weighted by Gasteiger charge is 2.32. The smallest absolute Gasteiger partial charge is 0.416 e. The molecule has 0 spiro atoms. The molecule has 0 fully saturated rings. The summed E-state index contributed by atoms with van der Waals surface area (Å²) in [5.41, 5.74) is -0.182. The second-order valence-electron chi connectivity index (χ2n) is 7.80. The minimum Gasteiger partial charge on any atom is -0.487 e. The Kier molecular flexibility index (Phi) is 9.19. The molecule has 0 aliphatic rings. The molecule has 3 aromatic carbocycles. The fraction of sp³-hybridized carbons (Fsp3) is 0.269. The Hall–Kier alpha value is -3.27. The highest BCUT2D eigenvalue weighted by molar-refractivity contribution is 7.99. The number of alkyl halides is 3. The van der Waals surface area contributed by atoms with E-state index >= 15 is 0 Å². The molecule has 192 valence electrons. The zero-order valence-corrected chi connectivity index (χ0v) is 20.2. The van der Waals surface area contributed by atoms with E-state index in [1.807, 2.05) is 24.3 Å². The van der Waals surface area contributed by atoms with Crippen molar-refractivity contribution in [3.05, 3.63) is 83.4 Å². The van der Waals surface area contributed by atoms with E-state index in [0.29, 0.717) is 24.3 Å². The number of esters is 1. The van der Waals surface area contributed by atoms with Gasteiger partial charge in [0.05, 0.1) is 25.2 Å². The molecule has 0 amide bonds. The first kappa shape index (κ1) is 27.3. The summed E-state index contributed by atoms with van der Waals surface area (Å²) in [6.45, 7) is 1.74. The first-order valence-corrected chi connectivity index (χ1v) is 11.8. The zero-order chi connectivity index (χ0) is 26.3. The minimum absolute atomic E-state index is 0.00991. The molecule has 0 saturated carbocycles. The summed E-state index contributed by atoms with van der Waals surface area (Å²) >= 11 is 1.53. The van der Waals surface area contributed by atoms with E-state index in [4.69, 9.17) is 9.47 Å². The molecule has 0 aliphatic carbocycles. The number of carbonyl (C=O) groups is 1. The molecule has 0 heterocycles. The van der Waals surface area contributed by atoms with E-state index in [2.05, 4.69) is 4.74 Å². The molecule has 10 heteroatoms. The first-order chi connectivity index (χ1) is 17.0. The van der Waals surface area contributed by atoms with Crippen LogP contribution in [-0.2, 0) is 22.1 Å². The summed E-state index contributed by atoms with van der Waals surface area (Å²) in [5.74, 6) is -2.41. The molecule has 0 saturated heterocycles. The van der Waals surface area contributed by atoms with E-state index in [1.54, 1.807) is 6.92 Å². The van der Waals surface area contributed by atoms with Gasteiger partial charge in [-0.25, -0.2) is 8.78 Å². The zero-order valence-electron chi connectivity index (χ0n) is 19.4. The number of halogens is 5. The van der Waals surface area contributed by atoms with Crippen molar-refractivity contribution in [2.45, 2.75) is 36.9 Å². The molecular formula is C26H23F5O4S. The van der Waals surface area contributed by atoms with E-state index in [1.165, 1.54) is 18.9 Å². The topological polar surface area (TPSA) is 44.8 Å². The maximum Gasteiger partial charge on any atom is 0.416 e. The fourth-order valence-electron chi connectivity index (χ4n) is 3.14. The Morgan fingerprint density at radius 3 is 2.42 bits per heavy atom. The number of rotatable bonds is 10. The molecule has 0 aromatic heterocycles. The normalized spacial score (nSPS) is 12.2. The maximum atomic E-state index is 14.1. The summed E-state index contributed by atoms with van der Waals surface area (Å²) in [6, 6.07) is 12.6. The van der Waals surface area contributed by atoms with Gasteiger partial charge in [-0.3, -0.25) is 4.79 Å². The van der Waals surface area contributed by atoms with Crippen LogP contribution >= 0.6 is 11.8 Å². The SMILES string of the molecule is COC(=O)Cc1cccc(SCC[C@H](C)Oc2ccc(C(F)(F)F)cc2Oc2ccc(F)cc2F)c1. The number of benzene rings is 3. The van der Waals surface area contributed by atoms with Gasteiger partial charge in [-0.05, 0) is 61.4 Å². The Bertz CT molecular complexity index is 1200. The van der Waals surface area contributed by atoms with Crippen molar-refractivity contribution in [2.24, 2.45) is 0 Å². The van der Waals surface area contributed by atoms with Gasteiger partial charge in [0.15, 0.2) is 23.1 Å². The number of methoxy groups -OCH3 is 1. The highest BCUT2D eigenvalue weighted by Crippen LogP contribution is 2.39.